The number of halogens is 1. The first-order valence-corrected chi connectivity index (χ1v) is 6.66. The van der Waals surface area contributed by atoms with Crippen molar-refractivity contribution in [3.63, 3.8) is 0 Å². The van der Waals surface area contributed by atoms with Crippen molar-refractivity contribution >= 4 is 17.5 Å². The molecule has 16 heavy (non-hydrogen) atoms. The summed E-state index contributed by atoms with van der Waals surface area (Å²) in [5.74, 6) is 0.764. The van der Waals surface area contributed by atoms with E-state index in [-0.39, 0.29) is 11.3 Å². The Labute approximate surface area is 103 Å². The van der Waals surface area contributed by atoms with E-state index >= 15 is 0 Å². The van der Waals surface area contributed by atoms with Crippen LogP contribution in [0.15, 0.2) is 0 Å². The van der Waals surface area contributed by atoms with Crippen LogP contribution in [0.5, 0.6) is 0 Å². The SMILES string of the molecule is CC(Cl)C(=O)N1CCC2C(CCCN2C)C1. The third-order valence-electron chi connectivity index (χ3n) is 4.00. The van der Waals surface area contributed by atoms with Gasteiger partial charge < -0.3 is 9.80 Å². The molecule has 0 aromatic heterocycles. The summed E-state index contributed by atoms with van der Waals surface area (Å²) in [4.78, 5) is 16.2. The van der Waals surface area contributed by atoms with Gasteiger partial charge in [0, 0.05) is 19.1 Å². The first-order chi connectivity index (χ1) is 7.59. The van der Waals surface area contributed by atoms with E-state index in [0.29, 0.717) is 12.0 Å². The molecule has 2 saturated heterocycles. The summed E-state index contributed by atoms with van der Waals surface area (Å²) in [5.41, 5.74) is 0. The maximum atomic E-state index is 11.8. The molecule has 0 aromatic rings. The zero-order valence-electron chi connectivity index (χ0n) is 10.2. The number of piperidine rings is 2. The molecule has 2 fully saturated rings. The van der Waals surface area contributed by atoms with E-state index in [2.05, 4.69) is 11.9 Å². The minimum atomic E-state index is -0.377. The van der Waals surface area contributed by atoms with Gasteiger partial charge in [0.15, 0.2) is 0 Å². The number of carbonyl (C=O) groups excluding carboxylic acids is 1. The van der Waals surface area contributed by atoms with Crippen LogP contribution in [0, 0.1) is 5.92 Å². The van der Waals surface area contributed by atoms with Gasteiger partial charge in [0.25, 0.3) is 0 Å². The Morgan fingerprint density at radius 1 is 1.38 bits per heavy atom. The van der Waals surface area contributed by atoms with Crippen LogP contribution in [0.3, 0.4) is 0 Å². The Kier molecular flexibility index (Phi) is 3.75. The number of hydrogen-bond acceptors (Lipinski definition) is 2. The van der Waals surface area contributed by atoms with E-state index in [9.17, 15) is 4.79 Å². The first kappa shape index (κ1) is 12.2. The molecule has 0 saturated carbocycles. The van der Waals surface area contributed by atoms with Gasteiger partial charge in [0.2, 0.25) is 5.91 Å². The Bertz CT molecular complexity index is 270. The minimum absolute atomic E-state index is 0.105. The predicted molar refractivity (Wildman–Crippen MR) is 65.7 cm³/mol. The zero-order valence-corrected chi connectivity index (χ0v) is 10.9. The van der Waals surface area contributed by atoms with Crippen LogP contribution in [-0.2, 0) is 4.79 Å². The molecule has 0 spiro atoms. The van der Waals surface area contributed by atoms with Crippen LogP contribution in [0.25, 0.3) is 0 Å². The van der Waals surface area contributed by atoms with Gasteiger partial charge in [-0.25, -0.2) is 0 Å². The predicted octanol–water partition coefficient (Wildman–Crippen LogP) is 1.56. The lowest BCUT2D eigenvalue weighted by Crippen LogP contribution is -2.54. The van der Waals surface area contributed by atoms with Crippen LogP contribution in [0.4, 0.5) is 0 Å². The highest BCUT2D eigenvalue weighted by molar-refractivity contribution is 6.30. The molecular weight excluding hydrogens is 224 g/mol. The standard InChI is InChI=1S/C12H21ClN2O/c1-9(13)12(16)15-7-5-11-10(8-15)4-3-6-14(11)2/h9-11H,3-8H2,1-2H3. The van der Waals surface area contributed by atoms with E-state index in [1.54, 1.807) is 6.92 Å². The molecule has 0 aromatic carbocycles. The average molecular weight is 245 g/mol. The lowest BCUT2D eigenvalue weighted by atomic mass is 9.84. The Morgan fingerprint density at radius 2 is 2.12 bits per heavy atom. The summed E-state index contributed by atoms with van der Waals surface area (Å²) in [7, 11) is 2.21. The highest BCUT2D eigenvalue weighted by Gasteiger charge is 2.36. The lowest BCUT2D eigenvalue weighted by Gasteiger charge is -2.46. The Hall–Kier alpha value is -0.280. The van der Waals surface area contributed by atoms with E-state index in [1.165, 1.54) is 19.4 Å². The molecule has 92 valence electrons. The number of carbonyl (C=O) groups is 1. The van der Waals surface area contributed by atoms with E-state index < -0.39 is 0 Å². The summed E-state index contributed by atoms with van der Waals surface area (Å²) in [6.45, 7) is 4.76. The molecule has 2 rings (SSSR count). The first-order valence-electron chi connectivity index (χ1n) is 6.22. The molecule has 1 amide bonds. The highest BCUT2D eigenvalue weighted by atomic mass is 35.5. The summed E-state index contributed by atoms with van der Waals surface area (Å²) >= 11 is 5.86. The second-order valence-electron chi connectivity index (χ2n) is 5.14. The molecule has 2 heterocycles. The second-order valence-corrected chi connectivity index (χ2v) is 5.79. The summed E-state index contributed by atoms with van der Waals surface area (Å²) in [6, 6.07) is 0.684. The number of rotatable bonds is 1. The maximum absolute atomic E-state index is 11.8. The number of nitrogens with zero attached hydrogens (tertiary/aromatic N) is 2. The van der Waals surface area contributed by atoms with Crippen molar-refractivity contribution in [2.45, 2.75) is 37.6 Å². The average Bonchev–Trinajstić information content (AvgIpc) is 2.28. The summed E-state index contributed by atoms with van der Waals surface area (Å²) in [5, 5.41) is -0.377. The summed E-state index contributed by atoms with van der Waals surface area (Å²) < 4.78 is 0. The maximum Gasteiger partial charge on any atom is 0.240 e. The van der Waals surface area contributed by atoms with Crippen molar-refractivity contribution in [3.05, 3.63) is 0 Å². The van der Waals surface area contributed by atoms with Crippen molar-refractivity contribution in [1.29, 1.82) is 0 Å². The smallest absolute Gasteiger partial charge is 0.240 e. The van der Waals surface area contributed by atoms with Gasteiger partial charge in [-0.1, -0.05) is 0 Å². The lowest BCUT2D eigenvalue weighted by molar-refractivity contribution is -0.134. The third kappa shape index (κ3) is 2.35. The molecule has 3 nitrogen and oxygen atoms in total. The Morgan fingerprint density at radius 3 is 2.81 bits per heavy atom. The van der Waals surface area contributed by atoms with Gasteiger partial charge in [-0.2, -0.15) is 0 Å². The molecule has 0 aliphatic carbocycles. The van der Waals surface area contributed by atoms with Gasteiger partial charge in [-0.3, -0.25) is 4.79 Å². The van der Waals surface area contributed by atoms with E-state index in [1.807, 2.05) is 4.90 Å². The monoisotopic (exact) mass is 244 g/mol. The topological polar surface area (TPSA) is 23.6 Å². The van der Waals surface area contributed by atoms with Crippen molar-refractivity contribution in [2.24, 2.45) is 5.92 Å². The minimum Gasteiger partial charge on any atom is -0.341 e. The molecule has 0 radical (unpaired) electrons. The fourth-order valence-electron chi connectivity index (χ4n) is 3.10. The third-order valence-corrected chi connectivity index (χ3v) is 4.18. The molecule has 0 N–H and O–H groups in total. The van der Waals surface area contributed by atoms with Gasteiger partial charge in [-0.15, -0.1) is 11.6 Å². The van der Waals surface area contributed by atoms with Gasteiger partial charge in [-0.05, 0) is 45.7 Å². The van der Waals surface area contributed by atoms with Gasteiger partial charge in [0.05, 0.1) is 0 Å². The van der Waals surface area contributed by atoms with Gasteiger partial charge >= 0.3 is 0 Å². The number of fused-ring (bicyclic) bond motifs is 1. The van der Waals surface area contributed by atoms with Crippen LogP contribution >= 0.6 is 11.6 Å². The normalized spacial score (nSPS) is 33.3. The molecule has 3 unspecified atom stereocenters. The number of likely N-dealkylation sites (tertiary alicyclic amines) is 2. The fourth-order valence-corrected chi connectivity index (χ4v) is 3.24. The molecule has 2 aliphatic rings. The molecule has 4 heteroatoms. The molecule has 3 atom stereocenters. The highest BCUT2D eigenvalue weighted by Crippen LogP contribution is 2.29. The molecule has 2 aliphatic heterocycles. The van der Waals surface area contributed by atoms with Gasteiger partial charge in [0.1, 0.15) is 5.38 Å². The van der Waals surface area contributed by atoms with Crippen LogP contribution in [-0.4, -0.2) is 53.8 Å². The quantitative estimate of drug-likeness (QED) is 0.654. The molecular formula is C12H21ClN2O. The largest absolute Gasteiger partial charge is 0.341 e. The number of hydrogen-bond donors (Lipinski definition) is 0. The molecule has 0 bridgehead atoms. The van der Waals surface area contributed by atoms with Crippen molar-refractivity contribution in [3.8, 4) is 0 Å². The zero-order chi connectivity index (χ0) is 11.7. The van der Waals surface area contributed by atoms with Crippen molar-refractivity contribution in [1.82, 2.24) is 9.80 Å². The van der Waals surface area contributed by atoms with E-state index in [4.69, 9.17) is 11.6 Å². The van der Waals surface area contributed by atoms with Crippen LogP contribution in [0.2, 0.25) is 0 Å². The number of alkyl halides is 1. The second kappa shape index (κ2) is 4.92. The number of amides is 1. The van der Waals surface area contributed by atoms with Crippen molar-refractivity contribution in [2.75, 3.05) is 26.7 Å². The van der Waals surface area contributed by atoms with Crippen LogP contribution in [0.1, 0.15) is 26.2 Å². The fraction of sp³-hybridized carbons (Fsp3) is 0.917. The van der Waals surface area contributed by atoms with Crippen molar-refractivity contribution < 1.29 is 4.79 Å². The van der Waals surface area contributed by atoms with E-state index in [0.717, 1.165) is 19.5 Å². The Balaban J connectivity index is 1.97. The summed E-state index contributed by atoms with van der Waals surface area (Å²) in [6.07, 6.45) is 3.63. The van der Waals surface area contributed by atoms with Crippen LogP contribution < -0.4 is 0 Å².